The Morgan fingerprint density at radius 1 is 1.18 bits per heavy atom. The predicted molar refractivity (Wildman–Crippen MR) is 133 cm³/mol. The van der Waals surface area contributed by atoms with E-state index in [1.807, 2.05) is 48.9 Å². The molecule has 0 saturated heterocycles. The van der Waals surface area contributed by atoms with Gasteiger partial charge in [0.15, 0.2) is 16.2 Å². The molecule has 0 spiro atoms. The van der Waals surface area contributed by atoms with Crippen LogP contribution in [0.1, 0.15) is 31.9 Å². The van der Waals surface area contributed by atoms with Crippen LogP contribution < -0.4 is 5.32 Å². The first-order valence-corrected chi connectivity index (χ1v) is 11.7. The van der Waals surface area contributed by atoms with Gasteiger partial charge in [-0.3, -0.25) is 14.0 Å². The van der Waals surface area contributed by atoms with E-state index in [2.05, 4.69) is 22.3 Å². The lowest BCUT2D eigenvalue weighted by Crippen LogP contribution is -2.15. The minimum absolute atomic E-state index is 0.129. The summed E-state index contributed by atoms with van der Waals surface area (Å²) in [7, 11) is 1.85. The molecule has 0 unspecified atom stereocenters. The summed E-state index contributed by atoms with van der Waals surface area (Å²) in [5.41, 5.74) is 3.23. The first-order valence-electron chi connectivity index (χ1n) is 10.9. The number of hydrogen-bond donors (Lipinski definition) is 1. The van der Waals surface area contributed by atoms with Gasteiger partial charge in [0, 0.05) is 36.0 Å². The van der Waals surface area contributed by atoms with Crippen molar-refractivity contribution in [3.63, 3.8) is 0 Å². The number of aromatic nitrogens is 6. The zero-order valence-corrected chi connectivity index (χ0v) is 20.4. The number of amides is 1. The molecule has 1 N–H and O–H groups in total. The summed E-state index contributed by atoms with van der Waals surface area (Å²) in [4.78, 5) is 17.0. The van der Waals surface area contributed by atoms with E-state index < -0.39 is 0 Å². The summed E-state index contributed by atoms with van der Waals surface area (Å²) in [5.74, 6) is 0.656. The van der Waals surface area contributed by atoms with Crippen molar-refractivity contribution in [3.05, 3.63) is 52.0 Å². The van der Waals surface area contributed by atoms with E-state index in [1.165, 1.54) is 0 Å². The second kappa shape index (κ2) is 9.84. The van der Waals surface area contributed by atoms with Crippen molar-refractivity contribution in [1.82, 2.24) is 29.1 Å². The van der Waals surface area contributed by atoms with E-state index in [9.17, 15) is 4.79 Å². The molecule has 0 aliphatic heterocycles. The Hall–Kier alpha value is -3.04. The maximum absolute atomic E-state index is 12.6. The maximum atomic E-state index is 12.6. The number of pyridine rings is 1. The number of nitrogens with zero attached hydrogens (tertiary/aromatic N) is 6. The predicted octanol–water partition coefficient (Wildman–Crippen LogP) is 5.15. The molecule has 3 heterocycles. The van der Waals surface area contributed by atoms with Gasteiger partial charge in [-0.25, -0.2) is 9.67 Å². The molecule has 4 rings (SSSR count). The van der Waals surface area contributed by atoms with E-state index in [1.54, 1.807) is 15.6 Å². The average molecular weight is 484 g/mol. The van der Waals surface area contributed by atoms with Crippen LogP contribution in [0.2, 0.25) is 5.02 Å². The van der Waals surface area contributed by atoms with Gasteiger partial charge in [0.25, 0.3) is 0 Å². The Labute approximate surface area is 202 Å². The van der Waals surface area contributed by atoms with Crippen molar-refractivity contribution in [2.75, 3.05) is 5.32 Å². The molecule has 172 valence electrons. The summed E-state index contributed by atoms with van der Waals surface area (Å²) < 4.78 is 6.09. The van der Waals surface area contributed by atoms with Crippen LogP contribution in [0.3, 0.4) is 0 Å². The summed E-state index contributed by atoms with van der Waals surface area (Å²) in [6, 6.07) is 9.44. The third-order valence-electron chi connectivity index (χ3n) is 5.46. The quantitative estimate of drug-likeness (QED) is 0.350. The Balaban J connectivity index is 1.50. The molecule has 33 heavy (non-hydrogen) atoms. The highest BCUT2D eigenvalue weighted by Crippen LogP contribution is 2.22. The lowest BCUT2D eigenvalue weighted by molar-refractivity contribution is -0.116. The topological polar surface area (TPSA) is 82.6 Å². The van der Waals surface area contributed by atoms with Crippen molar-refractivity contribution in [1.29, 1.82) is 0 Å². The third kappa shape index (κ3) is 4.99. The normalized spacial score (nSPS) is 11.3. The van der Waals surface area contributed by atoms with Gasteiger partial charge in [-0.15, -0.1) is 0 Å². The van der Waals surface area contributed by atoms with Crippen molar-refractivity contribution in [2.24, 2.45) is 7.05 Å². The van der Waals surface area contributed by atoms with Gasteiger partial charge >= 0.3 is 0 Å². The monoisotopic (exact) mass is 483 g/mol. The number of unbranched alkanes of at least 4 members (excludes halogenated alkanes) is 1. The Bertz CT molecular complexity index is 1350. The van der Waals surface area contributed by atoms with Crippen LogP contribution in [-0.2, 0) is 24.9 Å². The Kier molecular flexibility index (Phi) is 6.90. The van der Waals surface area contributed by atoms with Crippen LogP contribution in [0.15, 0.2) is 36.5 Å². The number of halogens is 1. The number of hydrogen-bond acceptors (Lipinski definition) is 5. The maximum Gasteiger partial charge on any atom is 0.226 e. The van der Waals surface area contributed by atoms with Crippen LogP contribution in [0, 0.1) is 11.7 Å². The van der Waals surface area contributed by atoms with E-state index in [-0.39, 0.29) is 12.3 Å². The fourth-order valence-corrected chi connectivity index (χ4v) is 4.16. The van der Waals surface area contributed by atoms with Gasteiger partial charge in [0.2, 0.25) is 5.91 Å². The van der Waals surface area contributed by atoms with Crippen LogP contribution in [0.4, 0.5) is 5.69 Å². The van der Waals surface area contributed by atoms with Crippen molar-refractivity contribution in [2.45, 2.75) is 46.2 Å². The third-order valence-corrected chi connectivity index (χ3v) is 6.14. The number of anilines is 1. The first-order chi connectivity index (χ1) is 15.9. The van der Waals surface area contributed by atoms with Crippen LogP contribution in [-0.4, -0.2) is 35.0 Å². The summed E-state index contributed by atoms with van der Waals surface area (Å²) >= 11 is 11.7. The Morgan fingerprint density at radius 3 is 2.67 bits per heavy atom. The minimum Gasteiger partial charge on any atom is -0.325 e. The molecule has 1 amide bonds. The van der Waals surface area contributed by atoms with Crippen molar-refractivity contribution >= 4 is 46.4 Å². The highest BCUT2D eigenvalue weighted by molar-refractivity contribution is 7.71. The number of rotatable bonds is 8. The molecule has 8 nitrogen and oxygen atoms in total. The molecular weight excluding hydrogens is 458 g/mol. The fourth-order valence-electron chi connectivity index (χ4n) is 3.72. The smallest absolute Gasteiger partial charge is 0.226 e. The van der Waals surface area contributed by atoms with Crippen LogP contribution in [0.5, 0.6) is 0 Å². The van der Waals surface area contributed by atoms with Crippen molar-refractivity contribution in [3.8, 4) is 11.4 Å². The molecule has 0 saturated carbocycles. The molecule has 0 fully saturated rings. The largest absolute Gasteiger partial charge is 0.325 e. The highest BCUT2D eigenvalue weighted by Gasteiger charge is 2.14. The van der Waals surface area contributed by atoms with Crippen LogP contribution in [0.25, 0.3) is 22.4 Å². The SMILES string of the molecule is CCCCn1c(-c2ccc(Cl)cc2)nn(CCC(=O)Nc2cnc3c(c2)c(C)nn3C)c1=S. The summed E-state index contributed by atoms with van der Waals surface area (Å²) in [6.45, 7) is 5.21. The molecule has 0 atom stereocenters. The number of carbonyl (C=O) groups is 1. The molecule has 0 bridgehead atoms. The standard InChI is InChI=1S/C23H26ClN7OS/c1-4-5-11-30-21(16-6-8-17(24)9-7-16)28-31(23(30)33)12-10-20(32)26-18-13-19-15(2)27-29(3)22(19)25-14-18/h6-9,13-14H,4-5,10-12H2,1-3H3,(H,26,32). The number of carbonyl (C=O) groups excluding carboxylic acids is 1. The molecule has 10 heteroatoms. The number of aryl methyl sites for hydroxylation is 3. The van der Waals surface area contributed by atoms with Gasteiger partial charge < -0.3 is 5.32 Å². The molecule has 3 aromatic heterocycles. The molecule has 0 aliphatic rings. The molecule has 0 aliphatic carbocycles. The zero-order valence-electron chi connectivity index (χ0n) is 18.9. The minimum atomic E-state index is -0.129. The van der Waals surface area contributed by atoms with Gasteiger partial charge in [-0.05, 0) is 55.9 Å². The molecule has 0 radical (unpaired) electrons. The van der Waals surface area contributed by atoms with Gasteiger partial charge in [-0.1, -0.05) is 24.9 Å². The molecule has 4 aromatic rings. The van der Waals surface area contributed by atoms with E-state index >= 15 is 0 Å². The average Bonchev–Trinajstić information content (AvgIpc) is 3.26. The van der Waals surface area contributed by atoms with Crippen molar-refractivity contribution < 1.29 is 4.79 Å². The summed E-state index contributed by atoms with van der Waals surface area (Å²) in [5, 5.41) is 13.6. The van der Waals surface area contributed by atoms with E-state index in [0.29, 0.717) is 22.0 Å². The van der Waals surface area contributed by atoms with Gasteiger partial charge in [-0.2, -0.15) is 10.2 Å². The van der Waals surface area contributed by atoms with Crippen LogP contribution >= 0.6 is 23.8 Å². The second-order valence-corrected chi connectivity index (χ2v) is 8.75. The van der Waals surface area contributed by atoms with Gasteiger partial charge in [0.05, 0.1) is 24.1 Å². The Morgan fingerprint density at radius 2 is 1.94 bits per heavy atom. The lowest BCUT2D eigenvalue weighted by Gasteiger charge is -2.06. The number of nitrogens with one attached hydrogen (secondary N) is 1. The first kappa shape index (κ1) is 23.1. The second-order valence-electron chi connectivity index (χ2n) is 7.94. The molecular formula is C23H26ClN7OS. The fraction of sp³-hybridized carbons (Fsp3) is 0.348. The zero-order chi connectivity index (χ0) is 23.5. The van der Waals surface area contributed by atoms with E-state index in [4.69, 9.17) is 28.9 Å². The number of benzene rings is 1. The lowest BCUT2D eigenvalue weighted by atomic mass is 10.2. The van der Waals surface area contributed by atoms with E-state index in [0.717, 1.165) is 47.5 Å². The highest BCUT2D eigenvalue weighted by atomic mass is 35.5. The van der Waals surface area contributed by atoms with Gasteiger partial charge in [0.1, 0.15) is 0 Å². The summed E-state index contributed by atoms with van der Waals surface area (Å²) in [6.07, 6.45) is 3.92. The molecule has 1 aromatic carbocycles. The number of fused-ring (bicyclic) bond motifs is 1.